The quantitative estimate of drug-likeness (QED) is 0.347. The molecule has 2 bridgehead atoms. The van der Waals surface area contributed by atoms with Gasteiger partial charge >= 0.3 is 0 Å². The largest absolute Gasteiger partial charge is 0.232 e. The Labute approximate surface area is 72.2 Å². The van der Waals surface area contributed by atoms with E-state index in [0.29, 0.717) is 0 Å². The third-order valence-corrected chi connectivity index (χ3v) is 2.94. The lowest BCUT2D eigenvalue weighted by molar-refractivity contribution is 0.461. The van der Waals surface area contributed by atoms with E-state index in [1.54, 1.807) is 0 Å². The second-order valence-corrected chi connectivity index (χ2v) is 3.65. The van der Waals surface area contributed by atoms with Crippen LogP contribution in [0.25, 0.3) is 0 Å². The molecular formula is C9H11NS. The Bertz CT molecular complexity index is 228. The van der Waals surface area contributed by atoms with Crippen LogP contribution in [0.3, 0.4) is 0 Å². The van der Waals surface area contributed by atoms with Crippen LogP contribution in [-0.2, 0) is 0 Å². The first-order chi connectivity index (χ1) is 5.40. The molecule has 0 saturated heterocycles. The number of aliphatic imine (C=N–C) groups is 1. The number of rotatable bonds is 2. The van der Waals surface area contributed by atoms with Gasteiger partial charge in [-0.1, -0.05) is 12.2 Å². The van der Waals surface area contributed by atoms with Crippen molar-refractivity contribution in [3.8, 4) is 0 Å². The van der Waals surface area contributed by atoms with Gasteiger partial charge < -0.3 is 0 Å². The van der Waals surface area contributed by atoms with Crippen molar-refractivity contribution in [3.63, 3.8) is 0 Å². The number of thiocarbonyl (C=S) groups is 1. The monoisotopic (exact) mass is 165 g/mol. The van der Waals surface area contributed by atoms with Crippen molar-refractivity contribution in [1.29, 1.82) is 0 Å². The molecule has 0 heterocycles. The molecule has 3 atom stereocenters. The van der Waals surface area contributed by atoms with Crippen molar-refractivity contribution in [2.45, 2.75) is 12.8 Å². The van der Waals surface area contributed by atoms with Gasteiger partial charge in [0.15, 0.2) is 0 Å². The van der Waals surface area contributed by atoms with E-state index in [1.165, 1.54) is 12.8 Å². The van der Waals surface area contributed by atoms with E-state index in [2.05, 4.69) is 34.5 Å². The fraction of sp³-hybridized carbons (Fsp3) is 0.667. The number of fused-ring (bicyclic) bond motifs is 2. The molecule has 0 spiro atoms. The van der Waals surface area contributed by atoms with Crippen LogP contribution in [-0.4, -0.2) is 11.7 Å². The molecule has 1 saturated carbocycles. The second-order valence-electron chi connectivity index (χ2n) is 3.47. The Morgan fingerprint density at radius 1 is 1.45 bits per heavy atom. The van der Waals surface area contributed by atoms with Crippen LogP contribution in [0.15, 0.2) is 17.1 Å². The van der Waals surface area contributed by atoms with Crippen molar-refractivity contribution in [3.05, 3.63) is 12.2 Å². The summed E-state index contributed by atoms with van der Waals surface area (Å²) in [5.74, 6) is 2.41. The van der Waals surface area contributed by atoms with Gasteiger partial charge in [-0.25, -0.2) is 4.99 Å². The fourth-order valence-electron chi connectivity index (χ4n) is 2.26. The van der Waals surface area contributed by atoms with Crippen molar-refractivity contribution in [2.24, 2.45) is 22.7 Å². The molecule has 0 unspecified atom stereocenters. The van der Waals surface area contributed by atoms with E-state index in [1.807, 2.05) is 0 Å². The number of nitrogens with zero attached hydrogens (tertiary/aromatic N) is 1. The number of isothiocyanates is 1. The number of hydrogen-bond donors (Lipinski definition) is 0. The first-order valence-corrected chi connectivity index (χ1v) is 4.53. The summed E-state index contributed by atoms with van der Waals surface area (Å²) < 4.78 is 0. The van der Waals surface area contributed by atoms with Gasteiger partial charge in [0.2, 0.25) is 0 Å². The Morgan fingerprint density at radius 2 is 2.36 bits per heavy atom. The van der Waals surface area contributed by atoms with Gasteiger partial charge in [0.1, 0.15) is 0 Å². The molecule has 0 aromatic rings. The molecule has 2 aliphatic rings. The van der Waals surface area contributed by atoms with Gasteiger partial charge in [0.25, 0.3) is 0 Å². The van der Waals surface area contributed by atoms with Crippen LogP contribution in [0.4, 0.5) is 0 Å². The molecule has 0 N–H and O–H groups in total. The van der Waals surface area contributed by atoms with E-state index < -0.39 is 0 Å². The van der Waals surface area contributed by atoms with Gasteiger partial charge in [0, 0.05) is 0 Å². The van der Waals surface area contributed by atoms with Gasteiger partial charge in [-0.2, -0.15) is 0 Å². The summed E-state index contributed by atoms with van der Waals surface area (Å²) in [6.07, 6.45) is 7.37. The molecule has 0 aromatic carbocycles. The zero-order valence-electron chi connectivity index (χ0n) is 6.36. The molecule has 2 heteroatoms. The standard InChI is InChI=1S/C9H11NS/c11-6-10-5-9-4-7-1-2-8(9)3-7/h1-2,7-9H,3-5H2/t7-,8-,9-/m0/s1. The molecule has 1 nitrogen and oxygen atoms in total. The number of allylic oxidation sites excluding steroid dienone is 2. The predicted molar refractivity (Wildman–Crippen MR) is 48.7 cm³/mol. The highest BCUT2D eigenvalue weighted by Gasteiger charge is 2.34. The zero-order valence-corrected chi connectivity index (χ0v) is 7.18. The van der Waals surface area contributed by atoms with E-state index in [0.717, 1.165) is 24.3 Å². The molecule has 0 amide bonds. The van der Waals surface area contributed by atoms with Crippen LogP contribution in [0.1, 0.15) is 12.8 Å². The Morgan fingerprint density at radius 3 is 2.91 bits per heavy atom. The van der Waals surface area contributed by atoms with Gasteiger partial charge in [-0.3, -0.25) is 0 Å². The van der Waals surface area contributed by atoms with Gasteiger partial charge in [-0.05, 0) is 42.8 Å². The van der Waals surface area contributed by atoms with E-state index in [9.17, 15) is 0 Å². The Hall–Kier alpha value is -0.460. The lowest BCUT2D eigenvalue weighted by Crippen LogP contribution is -2.09. The first-order valence-electron chi connectivity index (χ1n) is 4.12. The van der Waals surface area contributed by atoms with Gasteiger partial charge in [0.05, 0.1) is 11.7 Å². The lowest BCUT2D eigenvalue weighted by atomic mass is 9.94. The predicted octanol–water partition coefficient (Wildman–Crippen LogP) is 2.30. The maximum absolute atomic E-state index is 4.54. The molecule has 0 aliphatic heterocycles. The van der Waals surface area contributed by atoms with Crippen molar-refractivity contribution in [1.82, 2.24) is 0 Å². The Balaban J connectivity index is 1.98. The summed E-state index contributed by atoms with van der Waals surface area (Å²) in [7, 11) is 0. The molecular weight excluding hydrogens is 154 g/mol. The summed E-state index contributed by atoms with van der Waals surface area (Å²) in [6, 6.07) is 0. The minimum atomic E-state index is 0.764. The summed E-state index contributed by atoms with van der Waals surface area (Å²) in [5.41, 5.74) is 0. The maximum Gasteiger partial charge on any atom is 0.0585 e. The lowest BCUT2D eigenvalue weighted by Gasteiger charge is -2.13. The molecule has 0 aromatic heterocycles. The van der Waals surface area contributed by atoms with Crippen molar-refractivity contribution in [2.75, 3.05) is 6.54 Å². The summed E-state index contributed by atoms with van der Waals surface area (Å²) in [4.78, 5) is 4.00. The molecule has 58 valence electrons. The smallest absolute Gasteiger partial charge is 0.0585 e. The normalized spacial score (nSPS) is 39.1. The highest BCUT2D eigenvalue weighted by Crippen LogP contribution is 2.43. The fourth-order valence-corrected chi connectivity index (χ4v) is 2.33. The summed E-state index contributed by atoms with van der Waals surface area (Å²) in [6.45, 7) is 0.898. The highest BCUT2D eigenvalue weighted by molar-refractivity contribution is 7.78. The SMILES string of the molecule is S=C=NC[C@@H]1C[C@H]2C=C[C@H]1C2. The molecule has 2 rings (SSSR count). The third-order valence-electron chi connectivity index (χ3n) is 2.81. The Kier molecular flexibility index (Phi) is 1.89. The summed E-state index contributed by atoms with van der Waals surface area (Å²) >= 11 is 4.54. The average molecular weight is 165 g/mol. The van der Waals surface area contributed by atoms with Crippen LogP contribution in [0, 0.1) is 17.8 Å². The topological polar surface area (TPSA) is 12.4 Å². The average Bonchev–Trinajstić information content (AvgIpc) is 2.60. The third kappa shape index (κ3) is 1.29. The minimum absolute atomic E-state index is 0.764. The zero-order chi connectivity index (χ0) is 7.68. The van der Waals surface area contributed by atoms with Gasteiger partial charge in [-0.15, -0.1) is 0 Å². The van der Waals surface area contributed by atoms with E-state index in [4.69, 9.17) is 0 Å². The van der Waals surface area contributed by atoms with Crippen LogP contribution >= 0.6 is 12.2 Å². The summed E-state index contributed by atoms with van der Waals surface area (Å²) in [5, 5.41) is 2.44. The van der Waals surface area contributed by atoms with E-state index in [-0.39, 0.29) is 0 Å². The van der Waals surface area contributed by atoms with Crippen LogP contribution in [0.5, 0.6) is 0 Å². The minimum Gasteiger partial charge on any atom is -0.232 e. The van der Waals surface area contributed by atoms with Crippen LogP contribution < -0.4 is 0 Å². The molecule has 0 radical (unpaired) electrons. The molecule has 2 aliphatic carbocycles. The van der Waals surface area contributed by atoms with E-state index >= 15 is 0 Å². The highest BCUT2D eigenvalue weighted by atomic mass is 32.1. The maximum atomic E-state index is 4.54. The first kappa shape index (κ1) is 7.20. The second kappa shape index (κ2) is 2.88. The molecule has 11 heavy (non-hydrogen) atoms. The van der Waals surface area contributed by atoms with Crippen molar-refractivity contribution >= 4 is 17.4 Å². The number of hydrogen-bond acceptors (Lipinski definition) is 2. The molecule has 1 fully saturated rings. The van der Waals surface area contributed by atoms with Crippen molar-refractivity contribution < 1.29 is 0 Å². The van der Waals surface area contributed by atoms with Crippen LogP contribution in [0.2, 0.25) is 0 Å².